The number of nitrogens with zero attached hydrogens (tertiary/aromatic N) is 3. The number of amides is 1. The summed E-state index contributed by atoms with van der Waals surface area (Å²) in [6.07, 6.45) is 2.18. The van der Waals surface area contributed by atoms with Crippen molar-refractivity contribution in [3.05, 3.63) is 47.8 Å². The van der Waals surface area contributed by atoms with Gasteiger partial charge >= 0.3 is 5.97 Å². The fraction of sp³-hybridized carbons (Fsp3) is 0.421. The molecule has 2 saturated heterocycles. The highest BCUT2D eigenvalue weighted by molar-refractivity contribution is 5.95. The summed E-state index contributed by atoms with van der Waals surface area (Å²) in [6, 6.07) is 9.16. The molecule has 136 valence electrons. The highest BCUT2D eigenvalue weighted by Crippen LogP contribution is 2.42. The normalized spacial score (nSPS) is 25.1. The Hall–Kier alpha value is -2.67. The number of aromatic nitrogens is 2. The number of hydrogen-bond acceptors (Lipinski definition) is 4. The Morgan fingerprint density at radius 2 is 2.04 bits per heavy atom. The number of hydrogen-bond donors (Lipinski definition) is 1. The van der Waals surface area contributed by atoms with E-state index in [1.165, 1.54) is 0 Å². The third-order valence-corrected chi connectivity index (χ3v) is 5.61. The molecule has 1 amide bonds. The number of carbonyl (C=O) groups is 2. The molecule has 1 N–H and O–H groups in total. The Kier molecular flexibility index (Phi) is 4.03. The lowest BCUT2D eigenvalue weighted by Gasteiger charge is -2.33. The number of ether oxygens (including phenoxy) is 1. The first-order chi connectivity index (χ1) is 12.5. The van der Waals surface area contributed by atoms with Crippen LogP contribution in [0, 0.1) is 18.3 Å². The number of carboxylic acid groups (broad SMARTS) is 1. The monoisotopic (exact) mass is 355 g/mol. The fourth-order valence-electron chi connectivity index (χ4n) is 4.02. The molecule has 7 heteroatoms. The standard InChI is InChI=1S/C19H21N3O4/c1-13-6-8-20-22(13)16-4-2-14(3-5-16)17(23)21-10-15-11-26-9-7-19(15,12-21)18(24)25/h2-6,8,15H,7,9-12H2,1H3,(H,24,25)/t15-,19+/m0/s1. The average molecular weight is 355 g/mol. The largest absolute Gasteiger partial charge is 0.481 e. The quantitative estimate of drug-likeness (QED) is 0.907. The van der Waals surface area contributed by atoms with E-state index in [2.05, 4.69) is 5.10 Å². The molecule has 0 bridgehead atoms. The van der Waals surface area contributed by atoms with E-state index in [9.17, 15) is 14.7 Å². The minimum Gasteiger partial charge on any atom is -0.481 e. The van der Waals surface area contributed by atoms with Gasteiger partial charge in [0.25, 0.3) is 5.91 Å². The van der Waals surface area contributed by atoms with Gasteiger partial charge in [0.05, 0.1) is 17.7 Å². The molecule has 3 heterocycles. The van der Waals surface area contributed by atoms with Crippen molar-refractivity contribution in [2.24, 2.45) is 11.3 Å². The molecule has 0 spiro atoms. The molecule has 0 aliphatic carbocycles. The van der Waals surface area contributed by atoms with E-state index in [-0.39, 0.29) is 18.4 Å². The van der Waals surface area contributed by atoms with Crippen LogP contribution in [0.3, 0.4) is 0 Å². The minimum atomic E-state index is -0.875. The summed E-state index contributed by atoms with van der Waals surface area (Å²) in [6.45, 7) is 3.46. The Morgan fingerprint density at radius 3 is 2.65 bits per heavy atom. The Balaban J connectivity index is 1.55. The van der Waals surface area contributed by atoms with Crippen LogP contribution in [0.15, 0.2) is 36.5 Å². The molecule has 1 aromatic carbocycles. The van der Waals surface area contributed by atoms with E-state index in [0.29, 0.717) is 31.7 Å². The van der Waals surface area contributed by atoms with Crippen LogP contribution < -0.4 is 0 Å². The van der Waals surface area contributed by atoms with Gasteiger partial charge in [-0.1, -0.05) is 0 Å². The molecule has 26 heavy (non-hydrogen) atoms. The SMILES string of the molecule is Cc1ccnn1-c1ccc(C(=O)N2C[C@H]3COCC[C@@]3(C(=O)O)C2)cc1. The smallest absolute Gasteiger partial charge is 0.311 e. The lowest BCUT2D eigenvalue weighted by atomic mass is 9.74. The molecule has 1 aromatic heterocycles. The zero-order valence-electron chi connectivity index (χ0n) is 14.6. The molecular formula is C19H21N3O4. The first-order valence-corrected chi connectivity index (χ1v) is 8.73. The molecule has 0 radical (unpaired) electrons. The predicted octanol–water partition coefficient (Wildman–Crippen LogP) is 1.74. The number of rotatable bonds is 3. The third-order valence-electron chi connectivity index (χ3n) is 5.61. The number of carbonyl (C=O) groups excluding carboxylic acids is 1. The van der Waals surface area contributed by atoms with Crippen molar-refractivity contribution in [3.8, 4) is 5.69 Å². The van der Waals surface area contributed by atoms with Crippen LogP contribution in [0.4, 0.5) is 0 Å². The first-order valence-electron chi connectivity index (χ1n) is 8.73. The lowest BCUT2D eigenvalue weighted by Crippen LogP contribution is -2.45. The number of benzene rings is 1. The van der Waals surface area contributed by atoms with Crippen LogP contribution in [0.5, 0.6) is 0 Å². The molecule has 7 nitrogen and oxygen atoms in total. The maximum atomic E-state index is 12.9. The van der Waals surface area contributed by atoms with Crippen LogP contribution >= 0.6 is 0 Å². The van der Waals surface area contributed by atoms with Gasteiger partial charge in [-0.25, -0.2) is 4.68 Å². The number of fused-ring (bicyclic) bond motifs is 1. The van der Waals surface area contributed by atoms with E-state index in [4.69, 9.17) is 4.74 Å². The van der Waals surface area contributed by atoms with Crippen molar-refractivity contribution >= 4 is 11.9 Å². The number of likely N-dealkylation sites (tertiary alicyclic amines) is 1. The zero-order valence-corrected chi connectivity index (χ0v) is 14.6. The summed E-state index contributed by atoms with van der Waals surface area (Å²) >= 11 is 0. The molecule has 2 aliphatic rings. The lowest BCUT2D eigenvalue weighted by molar-refractivity contribution is -0.157. The van der Waals surface area contributed by atoms with Gasteiger partial charge in [0, 0.05) is 43.1 Å². The summed E-state index contributed by atoms with van der Waals surface area (Å²) in [5.74, 6) is -1.11. The molecule has 0 saturated carbocycles. The Labute approximate surface area is 151 Å². The molecule has 2 fully saturated rings. The number of aliphatic carboxylic acids is 1. The van der Waals surface area contributed by atoms with Gasteiger partial charge in [0.15, 0.2) is 0 Å². The van der Waals surface area contributed by atoms with Gasteiger partial charge in [-0.2, -0.15) is 5.10 Å². The second-order valence-corrected chi connectivity index (χ2v) is 7.10. The molecule has 0 unspecified atom stereocenters. The van der Waals surface area contributed by atoms with Crippen LogP contribution in [0.1, 0.15) is 22.5 Å². The molecule has 2 atom stereocenters. The van der Waals surface area contributed by atoms with Crippen LogP contribution in [-0.4, -0.2) is 58.0 Å². The minimum absolute atomic E-state index is 0.135. The van der Waals surface area contributed by atoms with E-state index < -0.39 is 11.4 Å². The summed E-state index contributed by atoms with van der Waals surface area (Å²) in [7, 11) is 0. The van der Waals surface area contributed by atoms with Gasteiger partial charge in [0.1, 0.15) is 0 Å². The molecular weight excluding hydrogens is 334 g/mol. The summed E-state index contributed by atoms with van der Waals surface area (Å²) in [5, 5.41) is 14.0. The van der Waals surface area contributed by atoms with Crippen molar-refractivity contribution in [3.63, 3.8) is 0 Å². The summed E-state index contributed by atoms with van der Waals surface area (Å²) < 4.78 is 7.25. The zero-order chi connectivity index (χ0) is 18.3. The summed E-state index contributed by atoms with van der Waals surface area (Å²) in [5.41, 5.74) is 1.57. The van der Waals surface area contributed by atoms with Crippen molar-refractivity contribution in [1.82, 2.24) is 14.7 Å². The first kappa shape index (κ1) is 16.8. The molecule has 2 aromatic rings. The maximum absolute atomic E-state index is 12.9. The van der Waals surface area contributed by atoms with E-state index in [1.807, 2.05) is 25.1 Å². The third kappa shape index (κ3) is 2.59. The van der Waals surface area contributed by atoms with Crippen LogP contribution in [0.25, 0.3) is 5.69 Å². The summed E-state index contributed by atoms with van der Waals surface area (Å²) in [4.78, 5) is 26.4. The van der Waals surface area contributed by atoms with Gasteiger partial charge in [-0.05, 0) is 43.7 Å². The van der Waals surface area contributed by atoms with Gasteiger partial charge in [-0.15, -0.1) is 0 Å². The number of aryl methyl sites for hydroxylation is 1. The van der Waals surface area contributed by atoms with Crippen LogP contribution in [0.2, 0.25) is 0 Å². The van der Waals surface area contributed by atoms with Crippen LogP contribution in [-0.2, 0) is 9.53 Å². The van der Waals surface area contributed by atoms with Gasteiger partial charge in [-0.3, -0.25) is 9.59 Å². The highest BCUT2D eigenvalue weighted by Gasteiger charge is 2.54. The number of carboxylic acids is 1. The predicted molar refractivity (Wildman–Crippen MR) is 93.2 cm³/mol. The van der Waals surface area contributed by atoms with Crippen molar-refractivity contribution < 1.29 is 19.4 Å². The second-order valence-electron chi connectivity index (χ2n) is 7.10. The average Bonchev–Trinajstić information content (AvgIpc) is 3.25. The molecule has 4 rings (SSSR count). The van der Waals surface area contributed by atoms with E-state index in [1.54, 1.807) is 27.9 Å². The van der Waals surface area contributed by atoms with E-state index in [0.717, 1.165) is 11.4 Å². The van der Waals surface area contributed by atoms with E-state index >= 15 is 0 Å². The highest BCUT2D eigenvalue weighted by atomic mass is 16.5. The van der Waals surface area contributed by atoms with Crippen molar-refractivity contribution in [2.75, 3.05) is 26.3 Å². The Bertz CT molecular complexity index is 845. The topological polar surface area (TPSA) is 84.7 Å². The molecule has 2 aliphatic heterocycles. The fourth-order valence-corrected chi connectivity index (χ4v) is 4.02. The van der Waals surface area contributed by atoms with Crippen molar-refractivity contribution in [2.45, 2.75) is 13.3 Å². The van der Waals surface area contributed by atoms with Crippen molar-refractivity contribution in [1.29, 1.82) is 0 Å². The maximum Gasteiger partial charge on any atom is 0.311 e. The Morgan fingerprint density at radius 1 is 1.27 bits per heavy atom. The second kappa shape index (κ2) is 6.25. The van der Waals surface area contributed by atoms with Gasteiger partial charge in [0.2, 0.25) is 0 Å². The van der Waals surface area contributed by atoms with Gasteiger partial charge < -0.3 is 14.7 Å².